The van der Waals surface area contributed by atoms with Crippen molar-refractivity contribution in [1.29, 1.82) is 0 Å². The zero-order valence-corrected chi connectivity index (χ0v) is 12.6. The summed E-state index contributed by atoms with van der Waals surface area (Å²) in [6.07, 6.45) is 1.00. The van der Waals surface area contributed by atoms with Crippen molar-refractivity contribution in [2.75, 3.05) is 13.6 Å². The monoisotopic (exact) mass is 307 g/mol. The van der Waals surface area contributed by atoms with Gasteiger partial charge < -0.3 is 5.32 Å². The van der Waals surface area contributed by atoms with Crippen molar-refractivity contribution in [3.63, 3.8) is 0 Å². The van der Waals surface area contributed by atoms with E-state index in [2.05, 4.69) is 57.5 Å². The third-order valence-electron chi connectivity index (χ3n) is 3.16. The lowest BCUT2D eigenvalue weighted by Crippen LogP contribution is -2.13. The lowest BCUT2D eigenvalue weighted by molar-refractivity contribution is 0.680. The molecule has 3 nitrogen and oxygen atoms in total. The Morgan fingerprint density at radius 3 is 2.56 bits per heavy atom. The number of benzene rings is 1. The molecule has 0 unspecified atom stereocenters. The van der Waals surface area contributed by atoms with Gasteiger partial charge in [-0.2, -0.15) is 5.10 Å². The Morgan fingerprint density at radius 2 is 1.94 bits per heavy atom. The molecule has 0 atom stereocenters. The molecule has 0 bridgehead atoms. The van der Waals surface area contributed by atoms with E-state index in [9.17, 15) is 0 Å². The van der Waals surface area contributed by atoms with Crippen LogP contribution in [0.15, 0.2) is 28.7 Å². The van der Waals surface area contributed by atoms with Gasteiger partial charge in [-0.15, -0.1) is 0 Å². The minimum absolute atomic E-state index is 0.972. The van der Waals surface area contributed by atoms with E-state index in [0.29, 0.717) is 0 Å². The fourth-order valence-electron chi connectivity index (χ4n) is 2.14. The molecule has 1 N–H and O–H groups in total. The van der Waals surface area contributed by atoms with Crippen molar-refractivity contribution in [2.24, 2.45) is 7.05 Å². The van der Waals surface area contributed by atoms with Crippen molar-refractivity contribution in [2.45, 2.75) is 13.3 Å². The first-order valence-electron chi connectivity index (χ1n) is 6.06. The Balaban J connectivity index is 2.37. The molecule has 0 aliphatic heterocycles. The molecule has 18 heavy (non-hydrogen) atoms. The maximum Gasteiger partial charge on any atom is 0.0955 e. The van der Waals surface area contributed by atoms with Crippen LogP contribution < -0.4 is 5.32 Å². The average Bonchev–Trinajstić information content (AvgIpc) is 2.64. The highest BCUT2D eigenvalue weighted by Gasteiger charge is 2.13. The molecule has 0 aliphatic rings. The first-order valence-corrected chi connectivity index (χ1v) is 6.85. The molecule has 0 radical (unpaired) electrons. The van der Waals surface area contributed by atoms with Gasteiger partial charge in [0.25, 0.3) is 0 Å². The molecule has 1 aromatic carbocycles. The van der Waals surface area contributed by atoms with E-state index < -0.39 is 0 Å². The number of hydrogen-bond donors (Lipinski definition) is 1. The van der Waals surface area contributed by atoms with Gasteiger partial charge in [-0.25, -0.2) is 0 Å². The summed E-state index contributed by atoms with van der Waals surface area (Å²) in [7, 11) is 3.99. The predicted molar refractivity (Wildman–Crippen MR) is 78.7 cm³/mol. The van der Waals surface area contributed by atoms with Crippen LogP contribution in [0.1, 0.15) is 11.3 Å². The Kier molecular flexibility index (Phi) is 4.19. The van der Waals surface area contributed by atoms with Gasteiger partial charge in [-0.1, -0.05) is 28.1 Å². The van der Waals surface area contributed by atoms with E-state index in [4.69, 9.17) is 0 Å². The van der Waals surface area contributed by atoms with E-state index in [1.54, 1.807) is 0 Å². The number of nitrogens with one attached hydrogen (secondary N) is 1. The van der Waals surface area contributed by atoms with Crippen LogP contribution in [0, 0.1) is 6.92 Å². The first kappa shape index (κ1) is 13.3. The van der Waals surface area contributed by atoms with Gasteiger partial charge in [-0.05, 0) is 31.7 Å². The fraction of sp³-hybridized carbons (Fsp3) is 0.357. The second-order valence-electron chi connectivity index (χ2n) is 4.40. The van der Waals surface area contributed by atoms with Crippen molar-refractivity contribution < 1.29 is 0 Å². The van der Waals surface area contributed by atoms with Crippen LogP contribution in [-0.2, 0) is 13.5 Å². The highest BCUT2D eigenvalue weighted by Crippen LogP contribution is 2.25. The number of aromatic nitrogens is 2. The van der Waals surface area contributed by atoms with Gasteiger partial charge in [0.2, 0.25) is 0 Å². The van der Waals surface area contributed by atoms with E-state index >= 15 is 0 Å². The van der Waals surface area contributed by atoms with Crippen molar-refractivity contribution in [3.8, 4) is 11.3 Å². The summed E-state index contributed by atoms with van der Waals surface area (Å²) < 4.78 is 3.08. The topological polar surface area (TPSA) is 29.9 Å². The second-order valence-corrected chi connectivity index (χ2v) is 5.32. The van der Waals surface area contributed by atoms with E-state index in [-0.39, 0.29) is 0 Å². The summed E-state index contributed by atoms with van der Waals surface area (Å²) in [5.74, 6) is 0. The second kappa shape index (κ2) is 5.67. The molecule has 0 saturated carbocycles. The standard InChI is InChI=1S/C14H18BrN3/c1-10-13(8-9-16-2)18(3)17-14(10)11-4-6-12(15)7-5-11/h4-7,16H,8-9H2,1-3H3. The van der Waals surface area contributed by atoms with Crippen LogP contribution in [0.2, 0.25) is 0 Å². The number of aryl methyl sites for hydroxylation is 1. The lowest BCUT2D eigenvalue weighted by Gasteiger charge is -2.02. The predicted octanol–water partition coefficient (Wildman–Crippen LogP) is 2.92. The highest BCUT2D eigenvalue weighted by atomic mass is 79.9. The SMILES string of the molecule is CNCCc1c(C)c(-c2ccc(Br)cc2)nn1C. The number of nitrogens with zero attached hydrogens (tertiary/aromatic N) is 2. The Labute approximate surface area is 116 Å². The van der Waals surface area contributed by atoms with Gasteiger partial charge in [0.05, 0.1) is 5.69 Å². The molecule has 0 fully saturated rings. The third kappa shape index (κ3) is 2.65. The summed E-state index contributed by atoms with van der Waals surface area (Å²) >= 11 is 3.46. The van der Waals surface area contributed by atoms with E-state index in [1.807, 2.05) is 18.8 Å². The average molecular weight is 308 g/mol. The Bertz CT molecular complexity index is 529. The normalized spacial score (nSPS) is 10.9. The summed E-state index contributed by atoms with van der Waals surface area (Å²) in [5, 5.41) is 7.82. The third-order valence-corrected chi connectivity index (χ3v) is 3.69. The molecule has 1 aromatic heterocycles. The molecule has 0 aliphatic carbocycles. The van der Waals surface area contributed by atoms with Gasteiger partial charge >= 0.3 is 0 Å². The molecule has 96 valence electrons. The van der Waals surface area contributed by atoms with Gasteiger partial charge in [0, 0.05) is 35.7 Å². The number of rotatable bonds is 4. The Hall–Kier alpha value is -1.13. The molecule has 1 heterocycles. The maximum atomic E-state index is 4.64. The molecule has 0 amide bonds. The van der Waals surface area contributed by atoms with E-state index in [0.717, 1.165) is 23.1 Å². The Morgan fingerprint density at radius 1 is 1.28 bits per heavy atom. The van der Waals surface area contributed by atoms with Crippen molar-refractivity contribution in [1.82, 2.24) is 15.1 Å². The van der Waals surface area contributed by atoms with Crippen LogP contribution in [0.4, 0.5) is 0 Å². The van der Waals surface area contributed by atoms with Crippen molar-refractivity contribution in [3.05, 3.63) is 40.0 Å². The minimum atomic E-state index is 0.972. The quantitative estimate of drug-likeness (QED) is 0.941. The van der Waals surface area contributed by atoms with Crippen LogP contribution in [-0.4, -0.2) is 23.4 Å². The highest BCUT2D eigenvalue weighted by molar-refractivity contribution is 9.10. The molecule has 2 rings (SSSR count). The zero-order valence-electron chi connectivity index (χ0n) is 11.0. The van der Waals surface area contributed by atoms with Gasteiger partial charge in [-0.3, -0.25) is 4.68 Å². The van der Waals surface area contributed by atoms with Gasteiger partial charge in [0.1, 0.15) is 0 Å². The number of halogens is 1. The molecular formula is C14H18BrN3. The summed E-state index contributed by atoms with van der Waals surface area (Å²) in [6.45, 7) is 3.12. The molecule has 2 aromatic rings. The van der Waals surface area contributed by atoms with E-state index in [1.165, 1.54) is 16.8 Å². The molecule has 0 spiro atoms. The molecule has 0 saturated heterocycles. The molecule has 4 heteroatoms. The van der Waals surface area contributed by atoms with Gasteiger partial charge in [0.15, 0.2) is 0 Å². The van der Waals surface area contributed by atoms with Crippen LogP contribution in [0.25, 0.3) is 11.3 Å². The number of hydrogen-bond acceptors (Lipinski definition) is 2. The first-order chi connectivity index (χ1) is 8.63. The summed E-state index contributed by atoms with van der Waals surface area (Å²) in [4.78, 5) is 0. The maximum absolute atomic E-state index is 4.64. The fourth-order valence-corrected chi connectivity index (χ4v) is 2.40. The smallest absolute Gasteiger partial charge is 0.0955 e. The summed E-state index contributed by atoms with van der Waals surface area (Å²) in [5.41, 5.74) is 4.82. The van der Waals surface area contributed by atoms with Crippen LogP contribution in [0.5, 0.6) is 0 Å². The van der Waals surface area contributed by atoms with Crippen molar-refractivity contribution >= 4 is 15.9 Å². The molecular weight excluding hydrogens is 290 g/mol. The summed E-state index contributed by atoms with van der Waals surface area (Å²) in [6, 6.07) is 8.30. The van der Waals surface area contributed by atoms with Crippen LogP contribution >= 0.6 is 15.9 Å². The zero-order chi connectivity index (χ0) is 13.1. The minimum Gasteiger partial charge on any atom is -0.319 e. The lowest BCUT2D eigenvalue weighted by atomic mass is 10.1. The van der Waals surface area contributed by atoms with Crippen LogP contribution in [0.3, 0.4) is 0 Å². The number of likely N-dealkylation sites (N-methyl/N-ethyl adjacent to an activating group) is 1. The largest absolute Gasteiger partial charge is 0.319 e.